The van der Waals surface area contributed by atoms with Gasteiger partial charge in [0.1, 0.15) is 5.82 Å². The number of thiazole rings is 1. The molecule has 1 amide bonds. The van der Waals surface area contributed by atoms with Crippen molar-refractivity contribution in [3.63, 3.8) is 0 Å². The Balaban J connectivity index is 1.63. The number of amides is 1. The van der Waals surface area contributed by atoms with Crippen molar-refractivity contribution in [2.45, 2.75) is 45.4 Å². The lowest BCUT2D eigenvalue weighted by Crippen LogP contribution is -2.39. The smallest absolute Gasteiger partial charge is 0.251 e. The first kappa shape index (κ1) is 16.8. The molecule has 6 nitrogen and oxygen atoms in total. The Hall–Kier alpha value is -2.02. The van der Waals surface area contributed by atoms with Gasteiger partial charge in [-0.2, -0.15) is 0 Å². The standard InChI is InChI=1S/C17H22N4O2S/c1-11-15(24-10-18-11)5-6-17(23)21-7-3-4-13(9-21)14-8-16(22)20-12(2)19-14/h8,10,13H,3-7,9H2,1-2H3,(H,19,20,22)/t13-/m0/s1. The fourth-order valence-electron chi connectivity index (χ4n) is 3.20. The fraction of sp³-hybridized carbons (Fsp3) is 0.529. The molecule has 2 aromatic heterocycles. The molecule has 1 N–H and O–H groups in total. The van der Waals surface area contributed by atoms with Gasteiger partial charge in [-0.25, -0.2) is 9.97 Å². The molecule has 0 aliphatic carbocycles. The predicted octanol–water partition coefficient (Wildman–Crippen LogP) is 2.18. The molecule has 3 rings (SSSR count). The number of aromatic nitrogens is 3. The minimum Gasteiger partial charge on any atom is -0.342 e. The summed E-state index contributed by atoms with van der Waals surface area (Å²) in [6.07, 6.45) is 3.17. The van der Waals surface area contributed by atoms with E-state index in [1.54, 1.807) is 24.3 Å². The molecule has 1 atom stereocenters. The van der Waals surface area contributed by atoms with E-state index >= 15 is 0 Å². The van der Waals surface area contributed by atoms with Gasteiger partial charge in [-0.15, -0.1) is 11.3 Å². The van der Waals surface area contributed by atoms with Crippen LogP contribution in [0.4, 0.5) is 0 Å². The van der Waals surface area contributed by atoms with Crippen LogP contribution < -0.4 is 5.56 Å². The van der Waals surface area contributed by atoms with Crippen molar-refractivity contribution in [3.8, 4) is 0 Å². The SMILES string of the molecule is Cc1nc([C@H]2CCCN(C(=O)CCc3scnc3C)C2)cc(=O)[nH]1. The molecule has 2 aromatic rings. The van der Waals surface area contributed by atoms with E-state index in [1.807, 2.05) is 17.3 Å². The van der Waals surface area contributed by atoms with Crippen LogP contribution in [0.25, 0.3) is 0 Å². The lowest BCUT2D eigenvalue weighted by Gasteiger charge is -2.32. The van der Waals surface area contributed by atoms with Gasteiger partial charge in [-0.1, -0.05) is 0 Å². The summed E-state index contributed by atoms with van der Waals surface area (Å²) in [5.41, 5.74) is 3.52. The Morgan fingerprint density at radius 2 is 2.29 bits per heavy atom. The van der Waals surface area contributed by atoms with Gasteiger partial charge in [0, 0.05) is 36.4 Å². The average molecular weight is 346 g/mol. The van der Waals surface area contributed by atoms with E-state index in [4.69, 9.17) is 0 Å². The van der Waals surface area contributed by atoms with Crippen molar-refractivity contribution in [2.75, 3.05) is 13.1 Å². The number of nitrogens with one attached hydrogen (secondary N) is 1. The van der Waals surface area contributed by atoms with Crippen LogP contribution in [-0.2, 0) is 11.2 Å². The van der Waals surface area contributed by atoms with Gasteiger partial charge in [-0.3, -0.25) is 9.59 Å². The number of nitrogens with zero attached hydrogens (tertiary/aromatic N) is 3. The van der Waals surface area contributed by atoms with Gasteiger partial charge >= 0.3 is 0 Å². The van der Waals surface area contributed by atoms with Gasteiger partial charge in [-0.05, 0) is 33.1 Å². The van der Waals surface area contributed by atoms with Crippen LogP contribution in [0.15, 0.2) is 16.4 Å². The van der Waals surface area contributed by atoms with Crippen molar-refractivity contribution < 1.29 is 4.79 Å². The van der Waals surface area contributed by atoms with E-state index in [0.717, 1.165) is 37.2 Å². The Morgan fingerprint density at radius 3 is 3.00 bits per heavy atom. The first-order chi connectivity index (χ1) is 11.5. The second-order valence-corrected chi connectivity index (χ2v) is 7.23. The van der Waals surface area contributed by atoms with Crippen LogP contribution in [0.3, 0.4) is 0 Å². The average Bonchev–Trinajstić information content (AvgIpc) is 2.97. The number of hydrogen-bond donors (Lipinski definition) is 1. The summed E-state index contributed by atoms with van der Waals surface area (Å²) in [5.74, 6) is 0.949. The molecule has 0 unspecified atom stereocenters. The number of piperidine rings is 1. The van der Waals surface area contributed by atoms with Gasteiger partial charge in [0.05, 0.1) is 16.9 Å². The summed E-state index contributed by atoms with van der Waals surface area (Å²) in [5, 5.41) is 0. The van der Waals surface area contributed by atoms with Gasteiger partial charge in [0.25, 0.3) is 5.56 Å². The highest BCUT2D eigenvalue weighted by Crippen LogP contribution is 2.25. The van der Waals surface area contributed by atoms with Crippen molar-refractivity contribution in [2.24, 2.45) is 0 Å². The highest BCUT2D eigenvalue weighted by molar-refractivity contribution is 7.09. The summed E-state index contributed by atoms with van der Waals surface area (Å²) < 4.78 is 0. The summed E-state index contributed by atoms with van der Waals surface area (Å²) in [6.45, 7) is 5.21. The van der Waals surface area contributed by atoms with E-state index in [-0.39, 0.29) is 17.4 Å². The number of H-pyrrole nitrogens is 1. The summed E-state index contributed by atoms with van der Waals surface area (Å²) in [6, 6.07) is 1.56. The first-order valence-corrected chi connectivity index (χ1v) is 9.15. The third kappa shape index (κ3) is 3.90. The minimum absolute atomic E-state index is 0.123. The molecule has 0 aromatic carbocycles. The van der Waals surface area contributed by atoms with E-state index in [0.29, 0.717) is 18.8 Å². The largest absolute Gasteiger partial charge is 0.342 e. The highest BCUT2D eigenvalue weighted by Gasteiger charge is 2.26. The van der Waals surface area contributed by atoms with Crippen molar-refractivity contribution in [1.29, 1.82) is 0 Å². The Labute approximate surface area is 145 Å². The van der Waals surface area contributed by atoms with Gasteiger partial charge in [0.15, 0.2) is 0 Å². The Morgan fingerprint density at radius 1 is 1.46 bits per heavy atom. The maximum Gasteiger partial charge on any atom is 0.251 e. The number of aryl methyl sites for hydroxylation is 3. The van der Waals surface area contributed by atoms with E-state index < -0.39 is 0 Å². The van der Waals surface area contributed by atoms with E-state index in [2.05, 4.69) is 15.0 Å². The summed E-state index contributed by atoms with van der Waals surface area (Å²) >= 11 is 1.61. The second kappa shape index (κ2) is 7.25. The molecule has 0 radical (unpaired) electrons. The third-order valence-corrected chi connectivity index (χ3v) is 5.48. The molecule has 1 fully saturated rings. The fourth-order valence-corrected chi connectivity index (χ4v) is 3.98. The Kier molecular flexibility index (Phi) is 5.08. The maximum atomic E-state index is 12.5. The number of carbonyl (C=O) groups excluding carboxylic acids is 1. The molecule has 24 heavy (non-hydrogen) atoms. The lowest BCUT2D eigenvalue weighted by atomic mass is 9.94. The number of likely N-dealkylation sites (tertiary alicyclic amines) is 1. The molecule has 7 heteroatoms. The zero-order chi connectivity index (χ0) is 17.1. The van der Waals surface area contributed by atoms with Crippen LogP contribution in [0, 0.1) is 13.8 Å². The molecular formula is C17H22N4O2S. The van der Waals surface area contributed by atoms with Crippen LogP contribution in [0.1, 0.15) is 47.3 Å². The van der Waals surface area contributed by atoms with Crippen LogP contribution in [0.5, 0.6) is 0 Å². The lowest BCUT2D eigenvalue weighted by molar-refractivity contribution is -0.132. The molecule has 3 heterocycles. The first-order valence-electron chi connectivity index (χ1n) is 8.27. The molecular weight excluding hydrogens is 324 g/mol. The zero-order valence-electron chi connectivity index (χ0n) is 14.0. The minimum atomic E-state index is -0.123. The van der Waals surface area contributed by atoms with Gasteiger partial charge < -0.3 is 9.88 Å². The molecule has 1 saturated heterocycles. The topological polar surface area (TPSA) is 79.0 Å². The summed E-state index contributed by atoms with van der Waals surface area (Å²) in [4.78, 5) is 38.6. The van der Waals surface area contributed by atoms with Crippen molar-refractivity contribution in [1.82, 2.24) is 19.9 Å². The van der Waals surface area contributed by atoms with Crippen molar-refractivity contribution in [3.05, 3.63) is 44.0 Å². The third-order valence-electron chi connectivity index (χ3n) is 4.48. The van der Waals surface area contributed by atoms with E-state index in [9.17, 15) is 9.59 Å². The second-order valence-electron chi connectivity index (χ2n) is 6.30. The molecule has 1 aliphatic rings. The number of hydrogen-bond acceptors (Lipinski definition) is 5. The Bertz CT molecular complexity index is 783. The van der Waals surface area contributed by atoms with Gasteiger partial charge in [0.2, 0.25) is 5.91 Å². The van der Waals surface area contributed by atoms with E-state index in [1.165, 1.54) is 4.88 Å². The number of rotatable bonds is 4. The highest BCUT2D eigenvalue weighted by atomic mass is 32.1. The zero-order valence-corrected chi connectivity index (χ0v) is 14.9. The molecule has 0 spiro atoms. The monoisotopic (exact) mass is 346 g/mol. The molecule has 128 valence electrons. The predicted molar refractivity (Wildman–Crippen MR) is 93.3 cm³/mol. The summed E-state index contributed by atoms with van der Waals surface area (Å²) in [7, 11) is 0. The molecule has 0 saturated carbocycles. The quantitative estimate of drug-likeness (QED) is 0.920. The van der Waals surface area contributed by atoms with Crippen LogP contribution >= 0.6 is 11.3 Å². The molecule has 1 aliphatic heterocycles. The number of carbonyl (C=O) groups is 1. The maximum absolute atomic E-state index is 12.5. The van der Waals surface area contributed by atoms with Crippen LogP contribution in [-0.4, -0.2) is 38.8 Å². The number of aromatic amines is 1. The van der Waals surface area contributed by atoms with Crippen molar-refractivity contribution >= 4 is 17.2 Å². The van der Waals surface area contributed by atoms with Crippen LogP contribution in [0.2, 0.25) is 0 Å². The molecule has 0 bridgehead atoms. The normalized spacial score (nSPS) is 17.9.